The van der Waals surface area contributed by atoms with Crippen LogP contribution in [0.5, 0.6) is 28.7 Å². The molecule has 43 heavy (non-hydrogen) atoms. The van der Waals surface area contributed by atoms with Gasteiger partial charge in [-0.25, -0.2) is 0 Å². The summed E-state index contributed by atoms with van der Waals surface area (Å²) in [5, 5.41) is 80.7. The Balaban J connectivity index is 1.31. The smallest absolute Gasteiger partial charge is 0.232 e. The van der Waals surface area contributed by atoms with E-state index in [0.29, 0.717) is 5.56 Å². The Bertz CT molecular complexity index is 1380. The Labute approximate surface area is 244 Å². The molecule has 0 unspecified atom stereocenters. The standard InChI is InChI=1S/C28H32O15/c1-10-24(43-28-22(36)20(34)19(33)17(9-29)42-28)21(35)23(37)27(39-10)41-15-6-4-12-18(32)16(40-25(12)26(15)38-2)8-11-3-5-13(30)14(31)7-11/h3-8,10,17,19-24,27-31,33-37H,9H2,1-2H3/b16-8-/t10-,17+,19+,20-,21-,22+,23+,24-,27-,28-/m0/s1. The van der Waals surface area contributed by atoms with E-state index in [1.54, 1.807) is 0 Å². The molecule has 0 bridgehead atoms. The summed E-state index contributed by atoms with van der Waals surface area (Å²) in [5.41, 5.74) is 0.522. The molecule has 2 aromatic rings. The Hall–Kier alpha value is -3.51. The number of phenols is 2. The van der Waals surface area contributed by atoms with Gasteiger partial charge in [-0.15, -0.1) is 0 Å². The first-order chi connectivity index (χ1) is 20.4. The van der Waals surface area contributed by atoms with Gasteiger partial charge in [-0.3, -0.25) is 4.79 Å². The third-order valence-electron chi connectivity index (χ3n) is 7.42. The van der Waals surface area contributed by atoms with E-state index in [-0.39, 0.29) is 40.1 Å². The minimum atomic E-state index is -1.74. The maximum absolute atomic E-state index is 13.0. The number of hydrogen-bond donors (Lipinski definition) is 8. The monoisotopic (exact) mass is 608 g/mol. The SMILES string of the molecule is COc1c(O[C@@H]2O[C@@H](C)[C@H](O[C@@H]3O[C@H](CO)[C@@H](O)[C@H](O)[C@H]3O)[C@@H](O)[C@H]2O)ccc2c1O/C(=C\c1ccc(O)c(O)c1)C2=O. The minimum absolute atomic E-state index is 0.00525. The first kappa shape index (κ1) is 30.9. The molecule has 0 spiro atoms. The van der Waals surface area contributed by atoms with Crippen molar-refractivity contribution in [1.82, 2.24) is 0 Å². The Morgan fingerprint density at radius 1 is 0.884 bits per heavy atom. The predicted molar refractivity (Wildman–Crippen MR) is 141 cm³/mol. The van der Waals surface area contributed by atoms with Gasteiger partial charge in [0.05, 0.1) is 25.4 Å². The van der Waals surface area contributed by atoms with Crippen molar-refractivity contribution in [3.05, 3.63) is 47.2 Å². The highest BCUT2D eigenvalue weighted by Gasteiger charge is 2.50. The third-order valence-corrected chi connectivity index (χ3v) is 7.42. The van der Waals surface area contributed by atoms with Crippen LogP contribution in [0.4, 0.5) is 0 Å². The van der Waals surface area contributed by atoms with E-state index < -0.39 is 73.8 Å². The van der Waals surface area contributed by atoms with E-state index in [4.69, 9.17) is 28.4 Å². The molecule has 10 atom stereocenters. The first-order valence-corrected chi connectivity index (χ1v) is 13.3. The van der Waals surface area contributed by atoms with Gasteiger partial charge in [-0.1, -0.05) is 6.07 Å². The molecule has 0 radical (unpaired) electrons. The molecule has 3 aliphatic heterocycles. The van der Waals surface area contributed by atoms with E-state index in [1.807, 2.05) is 0 Å². The van der Waals surface area contributed by atoms with E-state index in [9.17, 15) is 45.6 Å². The number of hydrogen-bond acceptors (Lipinski definition) is 15. The summed E-state index contributed by atoms with van der Waals surface area (Å²) < 4.78 is 33.7. The Kier molecular flexibility index (Phi) is 8.80. The van der Waals surface area contributed by atoms with Gasteiger partial charge < -0.3 is 69.3 Å². The van der Waals surface area contributed by atoms with Gasteiger partial charge in [0.2, 0.25) is 17.8 Å². The third kappa shape index (κ3) is 5.74. The van der Waals surface area contributed by atoms with E-state index in [1.165, 1.54) is 50.4 Å². The molecule has 2 saturated heterocycles. The second kappa shape index (κ2) is 12.2. The highest BCUT2D eigenvalue weighted by Crippen LogP contribution is 2.46. The van der Waals surface area contributed by atoms with Crippen LogP contribution in [-0.4, -0.2) is 122 Å². The van der Waals surface area contributed by atoms with Crippen molar-refractivity contribution in [1.29, 1.82) is 0 Å². The van der Waals surface area contributed by atoms with Gasteiger partial charge in [0.1, 0.15) is 42.7 Å². The van der Waals surface area contributed by atoms with Gasteiger partial charge >= 0.3 is 0 Å². The normalized spacial score (nSPS) is 35.0. The molecule has 5 rings (SSSR count). The summed E-state index contributed by atoms with van der Waals surface area (Å²) in [7, 11) is 1.30. The summed E-state index contributed by atoms with van der Waals surface area (Å²) >= 11 is 0. The summed E-state index contributed by atoms with van der Waals surface area (Å²) in [4.78, 5) is 13.0. The second-order valence-corrected chi connectivity index (χ2v) is 10.3. The van der Waals surface area contributed by atoms with Crippen molar-refractivity contribution in [2.45, 2.75) is 68.3 Å². The number of carbonyl (C=O) groups is 1. The highest BCUT2D eigenvalue weighted by molar-refractivity contribution is 6.15. The quantitative estimate of drug-likeness (QED) is 0.136. The molecule has 0 amide bonds. The van der Waals surface area contributed by atoms with Crippen molar-refractivity contribution in [3.63, 3.8) is 0 Å². The van der Waals surface area contributed by atoms with Crippen molar-refractivity contribution >= 4 is 11.9 Å². The Morgan fingerprint density at radius 2 is 1.60 bits per heavy atom. The molecular formula is C28H32O15. The number of aromatic hydroxyl groups is 2. The molecule has 0 aliphatic carbocycles. The first-order valence-electron chi connectivity index (χ1n) is 13.3. The van der Waals surface area contributed by atoms with Crippen molar-refractivity contribution in [3.8, 4) is 28.7 Å². The lowest BCUT2D eigenvalue weighted by molar-refractivity contribution is -0.348. The van der Waals surface area contributed by atoms with Crippen LogP contribution in [0.1, 0.15) is 22.8 Å². The number of allylic oxidation sites excluding steroid dienone is 1. The maximum Gasteiger partial charge on any atom is 0.232 e. The number of aliphatic hydroxyl groups excluding tert-OH is 6. The average Bonchev–Trinajstić information content (AvgIpc) is 3.30. The number of fused-ring (bicyclic) bond motifs is 1. The van der Waals surface area contributed by atoms with Crippen molar-refractivity contribution in [2.75, 3.05) is 13.7 Å². The van der Waals surface area contributed by atoms with Gasteiger partial charge in [0.15, 0.2) is 35.0 Å². The van der Waals surface area contributed by atoms with Crippen LogP contribution < -0.4 is 14.2 Å². The van der Waals surface area contributed by atoms with Gasteiger partial charge in [-0.05, 0) is 42.8 Å². The number of benzene rings is 2. The van der Waals surface area contributed by atoms with Crippen LogP contribution in [0.3, 0.4) is 0 Å². The lowest BCUT2D eigenvalue weighted by Gasteiger charge is -2.45. The largest absolute Gasteiger partial charge is 0.504 e. The summed E-state index contributed by atoms with van der Waals surface area (Å²) in [6.07, 6.45) is -13.6. The fourth-order valence-electron chi connectivity index (χ4n) is 5.03. The molecular weight excluding hydrogens is 576 g/mol. The molecule has 15 heteroatoms. The highest BCUT2D eigenvalue weighted by atomic mass is 16.7. The minimum Gasteiger partial charge on any atom is -0.504 e. The fourth-order valence-corrected chi connectivity index (χ4v) is 5.03. The van der Waals surface area contributed by atoms with Crippen molar-refractivity contribution in [2.24, 2.45) is 0 Å². The van der Waals surface area contributed by atoms with E-state index in [2.05, 4.69) is 0 Å². The molecule has 8 N–H and O–H groups in total. The number of ether oxygens (including phenoxy) is 6. The summed E-state index contributed by atoms with van der Waals surface area (Å²) in [6, 6.07) is 6.76. The fraction of sp³-hybridized carbons (Fsp3) is 0.464. The lowest BCUT2D eigenvalue weighted by Crippen LogP contribution is -2.64. The average molecular weight is 609 g/mol. The summed E-state index contributed by atoms with van der Waals surface area (Å²) in [5.74, 6) is -1.29. The van der Waals surface area contributed by atoms with E-state index >= 15 is 0 Å². The maximum atomic E-state index is 13.0. The second-order valence-electron chi connectivity index (χ2n) is 10.3. The van der Waals surface area contributed by atoms with Crippen molar-refractivity contribution < 1.29 is 74.1 Å². The molecule has 15 nitrogen and oxygen atoms in total. The molecule has 2 aromatic carbocycles. The molecule has 234 valence electrons. The van der Waals surface area contributed by atoms with Gasteiger partial charge in [-0.2, -0.15) is 0 Å². The molecule has 3 aliphatic rings. The molecule has 0 aromatic heterocycles. The zero-order valence-electron chi connectivity index (χ0n) is 22.9. The number of aliphatic hydroxyl groups is 6. The lowest BCUT2D eigenvalue weighted by atomic mass is 9.97. The zero-order valence-corrected chi connectivity index (χ0v) is 22.9. The van der Waals surface area contributed by atoms with Crippen LogP contribution in [0.2, 0.25) is 0 Å². The number of methoxy groups -OCH3 is 1. The van der Waals surface area contributed by atoms with Crippen LogP contribution in [0.15, 0.2) is 36.1 Å². The molecule has 2 fully saturated rings. The number of ketones is 1. The van der Waals surface area contributed by atoms with Crippen LogP contribution in [0.25, 0.3) is 6.08 Å². The number of Topliss-reactive ketones (excluding diaryl/α,β-unsaturated/α-hetero) is 1. The van der Waals surface area contributed by atoms with E-state index in [0.717, 1.165) is 0 Å². The van der Waals surface area contributed by atoms with Crippen LogP contribution in [-0.2, 0) is 14.2 Å². The topological polar surface area (TPSA) is 234 Å². The number of phenolic OH excluding ortho intramolecular Hbond substituents is 2. The zero-order chi connectivity index (χ0) is 31.2. The van der Waals surface area contributed by atoms with Gasteiger partial charge in [0.25, 0.3) is 0 Å². The van der Waals surface area contributed by atoms with Crippen LogP contribution in [0, 0.1) is 0 Å². The number of rotatable bonds is 7. The molecule has 0 saturated carbocycles. The van der Waals surface area contributed by atoms with Gasteiger partial charge in [0, 0.05) is 0 Å². The number of carbonyl (C=O) groups excluding carboxylic acids is 1. The predicted octanol–water partition coefficient (Wildman–Crippen LogP) is -1.25. The van der Waals surface area contributed by atoms with Crippen LogP contribution >= 0.6 is 0 Å². The summed E-state index contributed by atoms with van der Waals surface area (Å²) in [6.45, 7) is 0.804. The molecule has 3 heterocycles. The Morgan fingerprint density at radius 3 is 2.28 bits per heavy atom.